The third kappa shape index (κ3) is 3.06. The predicted molar refractivity (Wildman–Crippen MR) is 74.1 cm³/mol. The molecular formula is C15H22N2O2. The summed E-state index contributed by atoms with van der Waals surface area (Å²) >= 11 is 0. The molecule has 1 amide bonds. The van der Waals surface area contributed by atoms with E-state index in [-0.39, 0.29) is 17.9 Å². The Kier molecular flexibility index (Phi) is 4.40. The largest absolute Gasteiger partial charge is 0.351 e. The number of rotatable bonds is 5. The zero-order chi connectivity index (χ0) is 13.8. The van der Waals surface area contributed by atoms with E-state index >= 15 is 0 Å². The van der Waals surface area contributed by atoms with E-state index in [1.165, 1.54) is 0 Å². The molecule has 0 N–H and O–H groups in total. The zero-order valence-corrected chi connectivity index (χ0v) is 11.9. The zero-order valence-electron chi connectivity index (χ0n) is 11.9. The molecule has 104 valence electrons. The maximum atomic E-state index is 12.4. The standard InChI is InChI=1S/C15H22N2O2/c1-4-5-7-12-8-6-9-17(12)15(18)14-10-13(11(2)3)16-19-14/h6,8,10-12H,4-5,7,9H2,1-3H3/t12-/m0/s1. The highest BCUT2D eigenvalue weighted by molar-refractivity contribution is 5.92. The average molecular weight is 262 g/mol. The molecule has 0 fully saturated rings. The van der Waals surface area contributed by atoms with Gasteiger partial charge in [-0.05, 0) is 12.3 Å². The summed E-state index contributed by atoms with van der Waals surface area (Å²) < 4.78 is 5.18. The first-order valence-electron chi connectivity index (χ1n) is 7.07. The van der Waals surface area contributed by atoms with Crippen molar-refractivity contribution in [2.75, 3.05) is 6.54 Å². The summed E-state index contributed by atoms with van der Waals surface area (Å²) in [5.41, 5.74) is 0.834. The third-order valence-electron chi connectivity index (χ3n) is 3.51. The molecule has 1 atom stereocenters. The molecule has 0 aromatic carbocycles. The number of unbranched alkanes of at least 4 members (excludes halogenated alkanes) is 1. The summed E-state index contributed by atoms with van der Waals surface area (Å²) in [5, 5.41) is 3.95. The molecule has 4 heteroatoms. The molecule has 0 unspecified atom stereocenters. The normalized spacial score (nSPS) is 18.5. The van der Waals surface area contributed by atoms with Gasteiger partial charge in [-0.2, -0.15) is 0 Å². The maximum absolute atomic E-state index is 12.4. The van der Waals surface area contributed by atoms with Crippen molar-refractivity contribution >= 4 is 5.91 Å². The van der Waals surface area contributed by atoms with Crippen LogP contribution in [0.4, 0.5) is 0 Å². The first kappa shape index (κ1) is 13.8. The molecule has 0 radical (unpaired) electrons. The van der Waals surface area contributed by atoms with Crippen molar-refractivity contribution in [2.45, 2.75) is 52.0 Å². The van der Waals surface area contributed by atoms with E-state index < -0.39 is 0 Å². The molecule has 0 saturated carbocycles. The molecule has 1 aromatic heterocycles. The van der Waals surface area contributed by atoms with Crippen molar-refractivity contribution in [2.24, 2.45) is 0 Å². The first-order chi connectivity index (χ1) is 9.13. The van der Waals surface area contributed by atoms with E-state index in [2.05, 4.69) is 24.2 Å². The Morgan fingerprint density at radius 2 is 2.37 bits per heavy atom. The van der Waals surface area contributed by atoms with Crippen LogP contribution in [-0.2, 0) is 0 Å². The molecule has 2 heterocycles. The van der Waals surface area contributed by atoms with Crippen LogP contribution >= 0.6 is 0 Å². The van der Waals surface area contributed by atoms with Gasteiger partial charge >= 0.3 is 0 Å². The fraction of sp³-hybridized carbons (Fsp3) is 0.600. The van der Waals surface area contributed by atoms with Crippen LogP contribution in [0.15, 0.2) is 22.7 Å². The molecule has 0 spiro atoms. The molecular weight excluding hydrogens is 240 g/mol. The van der Waals surface area contributed by atoms with Crippen LogP contribution in [0.3, 0.4) is 0 Å². The summed E-state index contributed by atoms with van der Waals surface area (Å²) in [6.07, 6.45) is 7.47. The third-order valence-corrected chi connectivity index (χ3v) is 3.51. The second-order valence-corrected chi connectivity index (χ2v) is 5.37. The quantitative estimate of drug-likeness (QED) is 0.764. The van der Waals surface area contributed by atoms with Gasteiger partial charge in [0.1, 0.15) is 0 Å². The molecule has 1 aliphatic heterocycles. The summed E-state index contributed by atoms with van der Waals surface area (Å²) in [5.74, 6) is 0.581. The van der Waals surface area contributed by atoms with Crippen LogP contribution < -0.4 is 0 Å². The first-order valence-corrected chi connectivity index (χ1v) is 7.07. The lowest BCUT2D eigenvalue weighted by Crippen LogP contribution is -2.35. The minimum atomic E-state index is -0.0505. The van der Waals surface area contributed by atoms with Crippen molar-refractivity contribution in [3.63, 3.8) is 0 Å². The van der Waals surface area contributed by atoms with Gasteiger partial charge in [0.25, 0.3) is 5.91 Å². The highest BCUT2D eigenvalue weighted by Crippen LogP contribution is 2.21. The summed E-state index contributed by atoms with van der Waals surface area (Å²) in [4.78, 5) is 14.3. The SMILES string of the molecule is CCCC[C@H]1C=CCN1C(=O)c1cc(C(C)C)no1. The average Bonchev–Trinajstić information content (AvgIpc) is 3.04. The van der Waals surface area contributed by atoms with Crippen molar-refractivity contribution in [1.29, 1.82) is 0 Å². The van der Waals surface area contributed by atoms with E-state index in [4.69, 9.17) is 4.52 Å². The lowest BCUT2D eigenvalue weighted by Gasteiger charge is -2.23. The van der Waals surface area contributed by atoms with E-state index in [1.54, 1.807) is 6.07 Å². The molecule has 0 saturated heterocycles. The van der Waals surface area contributed by atoms with Crippen LogP contribution in [0.5, 0.6) is 0 Å². The summed E-state index contributed by atoms with van der Waals surface area (Å²) in [7, 11) is 0. The van der Waals surface area contributed by atoms with Crippen LogP contribution in [0, 0.1) is 0 Å². The van der Waals surface area contributed by atoms with Gasteiger partial charge < -0.3 is 9.42 Å². The number of nitrogens with zero attached hydrogens (tertiary/aromatic N) is 2. The Morgan fingerprint density at radius 3 is 3.00 bits per heavy atom. The van der Waals surface area contributed by atoms with Gasteiger partial charge in [-0.1, -0.05) is 50.9 Å². The van der Waals surface area contributed by atoms with E-state index in [1.807, 2.05) is 18.7 Å². The fourth-order valence-electron chi connectivity index (χ4n) is 2.27. The maximum Gasteiger partial charge on any atom is 0.293 e. The summed E-state index contributed by atoms with van der Waals surface area (Å²) in [6.45, 7) is 6.91. The number of hydrogen-bond acceptors (Lipinski definition) is 3. The van der Waals surface area contributed by atoms with Crippen molar-refractivity contribution in [3.8, 4) is 0 Å². The Morgan fingerprint density at radius 1 is 1.58 bits per heavy atom. The molecule has 2 rings (SSSR count). The number of aromatic nitrogens is 1. The minimum Gasteiger partial charge on any atom is -0.351 e. The highest BCUT2D eigenvalue weighted by Gasteiger charge is 2.28. The van der Waals surface area contributed by atoms with Crippen molar-refractivity contribution < 1.29 is 9.32 Å². The van der Waals surface area contributed by atoms with Gasteiger partial charge in [0.2, 0.25) is 5.76 Å². The fourth-order valence-corrected chi connectivity index (χ4v) is 2.27. The Balaban J connectivity index is 2.05. The van der Waals surface area contributed by atoms with Gasteiger partial charge in [-0.25, -0.2) is 0 Å². The number of carbonyl (C=O) groups is 1. The van der Waals surface area contributed by atoms with Gasteiger partial charge in [0.05, 0.1) is 11.7 Å². The molecule has 19 heavy (non-hydrogen) atoms. The number of carbonyl (C=O) groups excluding carboxylic acids is 1. The second kappa shape index (κ2) is 6.04. The van der Waals surface area contributed by atoms with Crippen LogP contribution in [-0.4, -0.2) is 28.6 Å². The molecule has 0 aliphatic carbocycles. The van der Waals surface area contributed by atoms with Crippen LogP contribution in [0.2, 0.25) is 0 Å². The number of amides is 1. The lowest BCUT2D eigenvalue weighted by atomic mass is 10.1. The van der Waals surface area contributed by atoms with Gasteiger partial charge in [-0.15, -0.1) is 0 Å². The lowest BCUT2D eigenvalue weighted by molar-refractivity contribution is 0.0701. The van der Waals surface area contributed by atoms with E-state index in [9.17, 15) is 4.79 Å². The summed E-state index contributed by atoms with van der Waals surface area (Å²) in [6, 6.07) is 1.97. The van der Waals surface area contributed by atoms with Crippen molar-refractivity contribution in [1.82, 2.24) is 10.1 Å². The van der Waals surface area contributed by atoms with Crippen molar-refractivity contribution in [3.05, 3.63) is 29.7 Å². The molecule has 0 bridgehead atoms. The van der Waals surface area contributed by atoms with Gasteiger partial charge in [-0.3, -0.25) is 4.79 Å². The molecule has 4 nitrogen and oxygen atoms in total. The Bertz CT molecular complexity index is 462. The molecule has 1 aliphatic rings. The minimum absolute atomic E-state index is 0.0505. The van der Waals surface area contributed by atoms with Crippen LogP contribution in [0.1, 0.15) is 62.2 Å². The van der Waals surface area contributed by atoms with Crippen LogP contribution in [0.25, 0.3) is 0 Å². The smallest absolute Gasteiger partial charge is 0.293 e. The monoisotopic (exact) mass is 262 g/mol. The topological polar surface area (TPSA) is 46.3 Å². The Hall–Kier alpha value is -1.58. The second-order valence-electron chi connectivity index (χ2n) is 5.37. The van der Waals surface area contributed by atoms with Gasteiger partial charge in [0, 0.05) is 12.6 Å². The Labute approximate surface area is 114 Å². The highest BCUT2D eigenvalue weighted by atomic mass is 16.5. The predicted octanol–water partition coefficient (Wildman–Crippen LogP) is 3.37. The van der Waals surface area contributed by atoms with E-state index in [0.717, 1.165) is 25.0 Å². The molecule has 1 aromatic rings. The van der Waals surface area contributed by atoms with E-state index in [0.29, 0.717) is 12.3 Å². The van der Waals surface area contributed by atoms with Gasteiger partial charge in [0.15, 0.2) is 0 Å². The number of hydrogen-bond donors (Lipinski definition) is 0.